The van der Waals surface area contributed by atoms with Gasteiger partial charge in [-0.3, -0.25) is 9.69 Å². The van der Waals surface area contributed by atoms with Crippen molar-refractivity contribution in [2.75, 3.05) is 25.0 Å². The summed E-state index contributed by atoms with van der Waals surface area (Å²) in [5, 5.41) is 3.03. The highest BCUT2D eigenvalue weighted by Gasteiger charge is 2.36. The number of hydrogen-bond acceptors (Lipinski definition) is 3. The van der Waals surface area contributed by atoms with E-state index in [1.807, 2.05) is 19.1 Å². The molecule has 1 heterocycles. The molecule has 1 aliphatic heterocycles. The maximum Gasteiger partial charge on any atom is 0.241 e. The first kappa shape index (κ1) is 18.0. The summed E-state index contributed by atoms with van der Waals surface area (Å²) < 4.78 is 0. The van der Waals surface area contributed by atoms with E-state index in [1.54, 1.807) is 0 Å². The van der Waals surface area contributed by atoms with E-state index in [9.17, 15) is 4.79 Å². The summed E-state index contributed by atoms with van der Waals surface area (Å²) in [4.78, 5) is 14.7. The number of rotatable bonds is 4. The molecule has 4 nitrogen and oxygen atoms in total. The van der Waals surface area contributed by atoms with E-state index in [1.165, 1.54) is 5.56 Å². The van der Waals surface area contributed by atoms with Crippen molar-refractivity contribution < 1.29 is 4.79 Å². The maximum atomic E-state index is 12.5. The summed E-state index contributed by atoms with van der Waals surface area (Å²) in [5.41, 5.74) is 8.24. The van der Waals surface area contributed by atoms with Gasteiger partial charge in [0.2, 0.25) is 5.91 Å². The van der Waals surface area contributed by atoms with Crippen molar-refractivity contribution in [2.24, 2.45) is 11.1 Å². The van der Waals surface area contributed by atoms with Crippen molar-refractivity contribution in [3.8, 4) is 0 Å². The topological polar surface area (TPSA) is 58.4 Å². The zero-order valence-corrected chi connectivity index (χ0v) is 15.1. The van der Waals surface area contributed by atoms with Gasteiger partial charge in [0, 0.05) is 12.2 Å². The fourth-order valence-corrected chi connectivity index (χ4v) is 3.03. The van der Waals surface area contributed by atoms with E-state index in [2.05, 4.69) is 50.0 Å². The third-order valence-corrected chi connectivity index (χ3v) is 5.03. The van der Waals surface area contributed by atoms with Crippen LogP contribution < -0.4 is 11.1 Å². The maximum absolute atomic E-state index is 12.5. The van der Waals surface area contributed by atoms with Gasteiger partial charge in [-0.25, -0.2) is 0 Å². The zero-order valence-electron chi connectivity index (χ0n) is 15.1. The van der Waals surface area contributed by atoms with Crippen LogP contribution in [0.1, 0.15) is 46.6 Å². The highest BCUT2D eigenvalue weighted by atomic mass is 16.2. The van der Waals surface area contributed by atoms with Gasteiger partial charge in [0.1, 0.15) is 0 Å². The Morgan fingerprint density at radius 1 is 1.35 bits per heavy atom. The summed E-state index contributed by atoms with van der Waals surface area (Å²) in [5.74, 6) is 0.0507. The molecule has 1 aromatic carbocycles. The number of anilines is 1. The van der Waals surface area contributed by atoms with E-state index < -0.39 is 0 Å². The van der Waals surface area contributed by atoms with Crippen LogP contribution in [0, 0.1) is 5.41 Å². The lowest BCUT2D eigenvalue weighted by Gasteiger charge is -2.26. The van der Waals surface area contributed by atoms with Crippen LogP contribution in [-0.4, -0.2) is 36.5 Å². The standard InChI is InChI=1S/C19H31N3O/c1-14(22-11-10-19(5,12-20)13-22)17(23)21-16-8-6-15(7-9-16)18(2,3)4/h6-9,14H,10-13,20H2,1-5H3,(H,21,23). The van der Waals surface area contributed by atoms with Crippen molar-refractivity contribution in [1.29, 1.82) is 0 Å². The Bertz CT molecular complexity index is 547. The SMILES string of the molecule is CC(C(=O)Nc1ccc(C(C)(C)C)cc1)N1CCC(C)(CN)C1. The normalized spacial score (nSPS) is 23.7. The quantitative estimate of drug-likeness (QED) is 0.897. The number of carbonyl (C=O) groups excluding carboxylic acids is 1. The van der Waals surface area contributed by atoms with Gasteiger partial charge in [-0.1, -0.05) is 39.8 Å². The number of hydrogen-bond donors (Lipinski definition) is 2. The Balaban J connectivity index is 1.96. The molecule has 0 bridgehead atoms. The molecule has 128 valence electrons. The van der Waals surface area contributed by atoms with Crippen molar-refractivity contribution in [3.05, 3.63) is 29.8 Å². The summed E-state index contributed by atoms with van der Waals surface area (Å²) in [7, 11) is 0. The highest BCUT2D eigenvalue weighted by Crippen LogP contribution is 2.30. The van der Waals surface area contributed by atoms with Gasteiger partial charge in [-0.05, 0) is 55.0 Å². The molecule has 0 aliphatic carbocycles. The number of nitrogens with two attached hydrogens (primary N) is 1. The minimum absolute atomic E-state index is 0.0507. The second kappa shape index (κ2) is 6.62. The van der Waals surface area contributed by atoms with Crippen LogP contribution in [0.25, 0.3) is 0 Å². The molecule has 0 aromatic heterocycles. The van der Waals surface area contributed by atoms with Crippen molar-refractivity contribution in [3.63, 3.8) is 0 Å². The Kier molecular flexibility index (Phi) is 5.17. The van der Waals surface area contributed by atoms with Crippen LogP contribution in [0.15, 0.2) is 24.3 Å². The molecular weight excluding hydrogens is 286 g/mol. The number of nitrogens with one attached hydrogen (secondary N) is 1. The van der Waals surface area contributed by atoms with Gasteiger partial charge >= 0.3 is 0 Å². The molecule has 1 aliphatic rings. The molecule has 2 rings (SSSR count). The van der Waals surface area contributed by atoms with Gasteiger partial charge in [-0.15, -0.1) is 0 Å². The number of carbonyl (C=O) groups is 1. The van der Waals surface area contributed by atoms with Crippen LogP contribution in [0.5, 0.6) is 0 Å². The molecule has 4 heteroatoms. The highest BCUT2D eigenvalue weighted by molar-refractivity contribution is 5.94. The Labute approximate surface area is 140 Å². The van der Waals surface area contributed by atoms with E-state index in [-0.39, 0.29) is 22.8 Å². The van der Waals surface area contributed by atoms with Crippen LogP contribution in [0.4, 0.5) is 5.69 Å². The number of amides is 1. The number of nitrogens with zero attached hydrogens (tertiary/aromatic N) is 1. The average Bonchev–Trinajstić information content (AvgIpc) is 2.89. The number of benzene rings is 1. The molecule has 1 fully saturated rings. The molecule has 1 aromatic rings. The Hall–Kier alpha value is -1.39. The zero-order chi connectivity index (χ0) is 17.3. The Morgan fingerprint density at radius 2 is 1.96 bits per heavy atom. The van der Waals surface area contributed by atoms with E-state index in [4.69, 9.17) is 5.73 Å². The molecule has 0 spiro atoms. The van der Waals surface area contributed by atoms with E-state index in [0.29, 0.717) is 6.54 Å². The molecule has 1 saturated heterocycles. The summed E-state index contributed by atoms with van der Waals surface area (Å²) in [6.07, 6.45) is 1.06. The van der Waals surface area contributed by atoms with Gasteiger partial charge in [0.05, 0.1) is 6.04 Å². The smallest absolute Gasteiger partial charge is 0.241 e. The molecule has 23 heavy (non-hydrogen) atoms. The van der Waals surface area contributed by atoms with Crippen LogP contribution >= 0.6 is 0 Å². The third kappa shape index (κ3) is 4.33. The van der Waals surface area contributed by atoms with Crippen LogP contribution in [-0.2, 0) is 10.2 Å². The van der Waals surface area contributed by atoms with Crippen LogP contribution in [0.2, 0.25) is 0 Å². The lowest BCUT2D eigenvalue weighted by Crippen LogP contribution is -2.42. The lowest BCUT2D eigenvalue weighted by molar-refractivity contribution is -0.120. The minimum Gasteiger partial charge on any atom is -0.330 e. The predicted molar refractivity (Wildman–Crippen MR) is 96.6 cm³/mol. The largest absolute Gasteiger partial charge is 0.330 e. The fourth-order valence-electron chi connectivity index (χ4n) is 3.03. The van der Waals surface area contributed by atoms with Crippen molar-refractivity contribution in [2.45, 2.75) is 52.5 Å². The fraction of sp³-hybridized carbons (Fsp3) is 0.632. The second-order valence-electron chi connectivity index (χ2n) is 8.23. The van der Waals surface area contributed by atoms with Crippen molar-refractivity contribution in [1.82, 2.24) is 4.90 Å². The molecule has 2 unspecified atom stereocenters. The van der Waals surface area contributed by atoms with Gasteiger partial charge < -0.3 is 11.1 Å². The first-order chi connectivity index (χ1) is 10.6. The first-order valence-corrected chi connectivity index (χ1v) is 8.50. The summed E-state index contributed by atoms with van der Waals surface area (Å²) in [6, 6.07) is 8.01. The monoisotopic (exact) mass is 317 g/mol. The van der Waals surface area contributed by atoms with Gasteiger partial charge in [-0.2, -0.15) is 0 Å². The van der Waals surface area contributed by atoms with E-state index >= 15 is 0 Å². The number of likely N-dealkylation sites (tertiary alicyclic amines) is 1. The Morgan fingerprint density at radius 3 is 2.43 bits per heavy atom. The molecule has 0 radical (unpaired) electrons. The molecule has 2 atom stereocenters. The average molecular weight is 317 g/mol. The second-order valence-corrected chi connectivity index (χ2v) is 8.23. The van der Waals surface area contributed by atoms with E-state index in [0.717, 1.165) is 25.2 Å². The summed E-state index contributed by atoms with van der Waals surface area (Å²) >= 11 is 0. The molecular formula is C19H31N3O. The predicted octanol–water partition coefficient (Wildman–Crippen LogP) is 2.98. The van der Waals surface area contributed by atoms with Crippen LogP contribution in [0.3, 0.4) is 0 Å². The summed E-state index contributed by atoms with van der Waals surface area (Å²) in [6.45, 7) is 13.2. The van der Waals surface area contributed by atoms with Gasteiger partial charge in [0.25, 0.3) is 0 Å². The lowest BCUT2D eigenvalue weighted by atomic mass is 9.87. The molecule has 3 N–H and O–H groups in total. The minimum atomic E-state index is -0.134. The third-order valence-electron chi connectivity index (χ3n) is 5.03. The van der Waals surface area contributed by atoms with Gasteiger partial charge in [0.15, 0.2) is 0 Å². The molecule has 1 amide bonds. The van der Waals surface area contributed by atoms with Crippen molar-refractivity contribution >= 4 is 11.6 Å². The molecule has 0 saturated carbocycles. The first-order valence-electron chi connectivity index (χ1n) is 8.50.